The van der Waals surface area contributed by atoms with E-state index in [4.69, 9.17) is 10.4 Å². The summed E-state index contributed by atoms with van der Waals surface area (Å²) in [6.07, 6.45) is 1.74. The minimum atomic E-state index is -3.40. The average Bonchev–Trinajstić information content (AvgIpc) is 3.20. The van der Waals surface area contributed by atoms with Crippen LogP contribution in [0.15, 0.2) is 24.3 Å². The van der Waals surface area contributed by atoms with Gasteiger partial charge in [-0.15, -0.1) is 0 Å². The molecule has 1 aliphatic carbocycles. The van der Waals surface area contributed by atoms with Gasteiger partial charge in [-0.1, -0.05) is 12.1 Å². The summed E-state index contributed by atoms with van der Waals surface area (Å²) in [7, 11) is -3.40. The second-order valence-corrected chi connectivity index (χ2v) is 6.55. The second kappa shape index (κ2) is 5.70. The van der Waals surface area contributed by atoms with Gasteiger partial charge in [-0.2, -0.15) is 9.57 Å². The van der Waals surface area contributed by atoms with Crippen LogP contribution >= 0.6 is 0 Å². The molecular formula is C13H16N2O3S. The van der Waals surface area contributed by atoms with Gasteiger partial charge in [0.25, 0.3) is 0 Å². The maximum absolute atomic E-state index is 12.3. The van der Waals surface area contributed by atoms with E-state index < -0.39 is 10.0 Å². The third-order valence-corrected chi connectivity index (χ3v) is 4.96. The van der Waals surface area contributed by atoms with E-state index >= 15 is 0 Å². The quantitative estimate of drug-likeness (QED) is 0.837. The van der Waals surface area contributed by atoms with Crippen LogP contribution in [0.2, 0.25) is 0 Å². The number of rotatable bonds is 6. The highest BCUT2D eigenvalue weighted by Crippen LogP contribution is 2.30. The van der Waals surface area contributed by atoms with Crippen molar-refractivity contribution in [1.82, 2.24) is 4.31 Å². The molecule has 5 nitrogen and oxygen atoms in total. The number of benzene rings is 1. The van der Waals surface area contributed by atoms with Crippen LogP contribution in [-0.2, 0) is 15.8 Å². The Kier molecular flexibility index (Phi) is 4.20. The summed E-state index contributed by atoms with van der Waals surface area (Å²) in [6.45, 7) is -0.00756. The fraction of sp³-hybridized carbons (Fsp3) is 0.462. The summed E-state index contributed by atoms with van der Waals surface area (Å²) in [5, 5.41) is 17.7. The van der Waals surface area contributed by atoms with Crippen molar-refractivity contribution in [2.45, 2.75) is 24.6 Å². The third-order valence-electron chi connectivity index (χ3n) is 3.06. The molecule has 1 aromatic rings. The third kappa shape index (κ3) is 3.53. The van der Waals surface area contributed by atoms with Crippen LogP contribution in [0.5, 0.6) is 0 Å². The molecule has 0 spiro atoms. The van der Waals surface area contributed by atoms with Crippen molar-refractivity contribution in [3.8, 4) is 6.07 Å². The highest BCUT2D eigenvalue weighted by atomic mass is 32.2. The first-order valence-electron chi connectivity index (χ1n) is 6.16. The van der Waals surface area contributed by atoms with Crippen LogP contribution in [0.25, 0.3) is 0 Å². The lowest BCUT2D eigenvalue weighted by Gasteiger charge is -2.20. The van der Waals surface area contributed by atoms with Crippen LogP contribution in [0.4, 0.5) is 0 Å². The monoisotopic (exact) mass is 280 g/mol. The molecule has 1 aromatic carbocycles. The molecule has 0 atom stereocenters. The van der Waals surface area contributed by atoms with Crippen molar-refractivity contribution in [3.05, 3.63) is 35.4 Å². The van der Waals surface area contributed by atoms with Crippen molar-refractivity contribution < 1.29 is 13.5 Å². The summed E-state index contributed by atoms with van der Waals surface area (Å²) in [4.78, 5) is 0. The van der Waals surface area contributed by atoms with Gasteiger partial charge in [0.15, 0.2) is 0 Å². The summed E-state index contributed by atoms with van der Waals surface area (Å²) < 4.78 is 25.9. The molecule has 0 aliphatic heterocycles. The maximum Gasteiger partial charge on any atom is 0.218 e. The predicted molar refractivity (Wildman–Crippen MR) is 70.6 cm³/mol. The van der Waals surface area contributed by atoms with Crippen molar-refractivity contribution >= 4 is 10.0 Å². The maximum atomic E-state index is 12.3. The van der Waals surface area contributed by atoms with E-state index in [0.717, 1.165) is 12.8 Å². The van der Waals surface area contributed by atoms with Gasteiger partial charge in [0, 0.05) is 12.6 Å². The van der Waals surface area contributed by atoms with Crippen molar-refractivity contribution in [2.75, 3.05) is 13.2 Å². The smallest absolute Gasteiger partial charge is 0.218 e. The Morgan fingerprint density at radius 3 is 2.42 bits per heavy atom. The largest absolute Gasteiger partial charge is 0.395 e. The van der Waals surface area contributed by atoms with E-state index in [1.165, 1.54) is 4.31 Å². The van der Waals surface area contributed by atoms with E-state index in [9.17, 15) is 8.42 Å². The molecule has 0 saturated heterocycles. The minimum absolute atomic E-state index is 0.0514. The molecule has 6 heteroatoms. The Hall–Kier alpha value is -1.42. The zero-order valence-electron chi connectivity index (χ0n) is 10.5. The zero-order valence-corrected chi connectivity index (χ0v) is 11.3. The van der Waals surface area contributed by atoms with E-state index in [2.05, 4.69) is 0 Å². The first-order chi connectivity index (χ1) is 9.06. The molecule has 0 unspecified atom stereocenters. The number of hydrogen-bond donors (Lipinski definition) is 1. The average molecular weight is 280 g/mol. The molecular weight excluding hydrogens is 264 g/mol. The molecule has 1 N–H and O–H groups in total. The second-order valence-electron chi connectivity index (χ2n) is 4.63. The highest BCUT2D eigenvalue weighted by Gasteiger charge is 2.36. The molecule has 2 rings (SSSR count). The van der Waals surface area contributed by atoms with E-state index in [1.54, 1.807) is 24.3 Å². The van der Waals surface area contributed by atoms with Crippen LogP contribution in [0.3, 0.4) is 0 Å². The molecule has 19 heavy (non-hydrogen) atoms. The lowest BCUT2D eigenvalue weighted by molar-refractivity contribution is 0.250. The number of nitriles is 1. The number of aliphatic hydroxyl groups excluding tert-OH is 1. The van der Waals surface area contributed by atoms with Crippen LogP contribution in [-0.4, -0.2) is 37.0 Å². The fourth-order valence-electron chi connectivity index (χ4n) is 1.98. The van der Waals surface area contributed by atoms with Crippen LogP contribution in [0.1, 0.15) is 24.0 Å². The van der Waals surface area contributed by atoms with E-state index in [-0.39, 0.29) is 24.9 Å². The standard InChI is InChI=1S/C13H16N2O3S/c14-9-11-1-3-12(4-2-11)10-19(17,18)15(7-8-16)13-5-6-13/h1-4,13,16H,5-8,10H2. The zero-order chi connectivity index (χ0) is 13.9. The molecule has 1 fully saturated rings. The lowest BCUT2D eigenvalue weighted by Crippen LogP contribution is -2.36. The number of nitrogens with zero attached hydrogens (tertiary/aromatic N) is 2. The molecule has 102 valence electrons. The Morgan fingerprint density at radius 1 is 1.32 bits per heavy atom. The van der Waals surface area contributed by atoms with Gasteiger partial charge in [0.05, 0.1) is 24.0 Å². The first kappa shape index (κ1) is 14.0. The van der Waals surface area contributed by atoms with Crippen LogP contribution in [0, 0.1) is 11.3 Å². The van der Waals surface area contributed by atoms with Gasteiger partial charge < -0.3 is 5.11 Å². The van der Waals surface area contributed by atoms with E-state index in [1.807, 2.05) is 6.07 Å². The summed E-state index contributed by atoms with van der Waals surface area (Å²) in [5.74, 6) is -0.0881. The molecule has 0 amide bonds. The minimum Gasteiger partial charge on any atom is -0.395 e. The molecule has 1 saturated carbocycles. The summed E-state index contributed by atoms with van der Waals surface area (Å²) >= 11 is 0. The highest BCUT2D eigenvalue weighted by molar-refractivity contribution is 7.88. The molecule has 0 heterocycles. The SMILES string of the molecule is N#Cc1ccc(CS(=O)(=O)N(CCO)C2CC2)cc1. The van der Waals surface area contributed by atoms with Gasteiger partial charge in [-0.25, -0.2) is 8.42 Å². The molecule has 0 radical (unpaired) electrons. The Balaban J connectivity index is 2.12. The van der Waals surface area contributed by atoms with Gasteiger partial charge in [0.2, 0.25) is 10.0 Å². The van der Waals surface area contributed by atoms with E-state index in [0.29, 0.717) is 11.1 Å². The normalized spacial score (nSPS) is 15.4. The number of aliphatic hydroxyl groups is 1. The summed E-state index contributed by atoms with van der Waals surface area (Å²) in [6, 6.07) is 8.57. The fourth-order valence-corrected chi connectivity index (χ4v) is 3.78. The molecule has 1 aliphatic rings. The van der Waals surface area contributed by atoms with Crippen molar-refractivity contribution in [2.24, 2.45) is 0 Å². The Bertz CT molecular complexity index is 571. The first-order valence-corrected chi connectivity index (χ1v) is 7.77. The van der Waals surface area contributed by atoms with Gasteiger partial charge >= 0.3 is 0 Å². The van der Waals surface area contributed by atoms with Gasteiger partial charge in [-0.3, -0.25) is 0 Å². The van der Waals surface area contributed by atoms with Gasteiger partial charge in [-0.05, 0) is 30.5 Å². The Labute approximate surface area is 113 Å². The van der Waals surface area contributed by atoms with Crippen LogP contribution < -0.4 is 0 Å². The topological polar surface area (TPSA) is 81.4 Å². The number of sulfonamides is 1. The molecule has 0 bridgehead atoms. The lowest BCUT2D eigenvalue weighted by atomic mass is 10.2. The van der Waals surface area contributed by atoms with Gasteiger partial charge in [0.1, 0.15) is 0 Å². The van der Waals surface area contributed by atoms with Crippen molar-refractivity contribution in [1.29, 1.82) is 5.26 Å². The predicted octanol–water partition coefficient (Wildman–Crippen LogP) is 0.845. The number of hydrogen-bond acceptors (Lipinski definition) is 4. The summed E-state index contributed by atoms with van der Waals surface area (Å²) in [5.41, 5.74) is 1.16. The Morgan fingerprint density at radius 2 is 1.95 bits per heavy atom. The van der Waals surface area contributed by atoms with Crippen molar-refractivity contribution in [3.63, 3.8) is 0 Å². The molecule has 0 aromatic heterocycles.